The Kier molecular flexibility index (Phi) is 6.90. The number of anilines is 1. The van der Waals surface area contributed by atoms with Crippen LogP contribution in [0.15, 0.2) is 12.3 Å². The SMILES string of the molecule is O=C(NCCO)c1nc(C(=O)N2C3CCC2CC3)c(-c2cnc(NC3CCCC3)cc2C(F)(F)F)s1. The van der Waals surface area contributed by atoms with E-state index in [9.17, 15) is 22.8 Å². The van der Waals surface area contributed by atoms with Gasteiger partial charge in [-0.25, -0.2) is 9.97 Å². The summed E-state index contributed by atoms with van der Waals surface area (Å²) in [5.74, 6) is -0.970. The Morgan fingerprint density at radius 3 is 2.39 bits per heavy atom. The first-order valence-corrected chi connectivity index (χ1v) is 13.1. The highest BCUT2D eigenvalue weighted by molar-refractivity contribution is 7.17. The maximum atomic E-state index is 14.3. The number of hydrogen-bond donors (Lipinski definition) is 3. The number of nitrogens with one attached hydrogen (secondary N) is 2. The topological polar surface area (TPSA) is 107 Å². The quantitative estimate of drug-likeness (QED) is 0.505. The lowest BCUT2D eigenvalue weighted by molar-refractivity contribution is -0.137. The highest BCUT2D eigenvalue weighted by Crippen LogP contribution is 2.44. The van der Waals surface area contributed by atoms with E-state index in [0.29, 0.717) is 0 Å². The molecule has 1 aliphatic carbocycles. The molecular weight excluding hydrogens is 495 g/mol. The van der Waals surface area contributed by atoms with Gasteiger partial charge in [0.15, 0.2) is 5.01 Å². The second-order valence-corrected chi connectivity index (χ2v) is 10.6. The molecular formula is C24H28F3N5O3S. The minimum absolute atomic E-state index is 0.0207. The number of hydrogen-bond acceptors (Lipinski definition) is 7. The molecule has 2 aliphatic heterocycles. The predicted octanol–water partition coefficient (Wildman–Crippen LogP) is 4.07. The minimum atomic E-state index is -4.71. The molecule has 3 fully saturated rings. The number of aromatic nitrogens is 2. The lowest BCUT2D eigenvalue weighted by Crippen LogP contribution is -2.35. The lowest BCUT2D eigenvalue weighted by Gasteiger charge is -2.22. The summed E-state index contributed by atoms with van der Waals surface area (Å²) >= 11 is 0.737. The second kappa shape index (κ2) is 9.97. The van der Waals surface area contributed by atoms with Crippen molar-refractivity contribution >= 4 is 29.0 Å². The van der Waals surface area contributed by atoms with Crippen molar-refractivity contribution in [3.63, 3.8) is 0 Å². The summed E-state index contributed by atoms with van der Waals surface area (Å²) in [6.45, 7) is -0.339. The van der Waals surface area contributed by atoms with E-state index in [2.05, 4.69) is 20.6 Å². The van der Waals surface area contributed by atoms with Gasteiger partial charge in [-0.1, -0.05) is 12.8 Å². The van der Waals surface area contributed by atoms with Crippen molar-refractivity contribution in [1.82, 2.24) is 20.2 Å². The van der Waals surface area contributed by atoms with Crippen LogP contribution in [0.1, 0.15) is 77.2 Å². The monoisotopic (exact) mass is 523 g/mol. The first kappa shape index (κ1) is 24.9. The smallest absolute Gasteiger partial charge is 0.395 e. The van der Waals surface area contributed by atoms with E-state index in [1.165, 1.54) is 0 Å². The van der Waals surface area contributed by atoms with Crippen LogP contribution in [0, 0.1) is 0 Å². The fourth-order valence-corrected chi connectivity index (χ4v) is 6.58. The molecule has 0 unspecified atom stereocenters. The molecule has 0 aromatic carbocycles. The average Bonchev–Trinajstić information content (AvgIpc) is 3.66. The maximum Gasteiger partial charge on any atom is 0.417 e. The number of carbonyl (C=O) groups excluding carboxylic acids is 2. The van der Waals surface area contributed by atoms with Crippen molar-refractivity contribution < 1.29 is 27.9 Å². The molecule has 0 spiro atoms. The third-order valence-electron chi connectivity index (χ3n) is 7.27. The average molecular weight is 524 g/mol. The van der Waals surface area contributed by atoms with Crippen LogP contribution in [0.3, 0.4) is 0 Å². The molecule has 2 aromatic rings. The Hall–Kier alpha value is -2.73. The number of halogens is 3. The molecule has 4 heterocycles. The van der Waals surface area contributed by atoms with Gasteiger partial charge in [0.1, 0.15) is 11.5 Å². The van der Waals surface area contributed by atoms with Gasteiger partial charge < -0.3 is 20.6 Å². The number of fused-ring (bicyclic) bond motifs is 2. The van der Waals surface area contributed by atoms with Gasteiger partial charge in [-0.05, 0) is 44.6 Å². The number of alkyl halides is 3. The summed E-state index contributed by atoms with van der Waals surface area (Å²) in [6, 6.07) is 1.15. The normalized spacial score (nSPS) is 21.8. The van der Waals surface area contributed by atoms with E-state index in [1.54, 1.807) is 4.90 Å². The van der Waals surface area contributed by atoms with E-state index >= 15 is 0 Å². The van der Waals surface area contributed by atoms with Gasteiger partial charge in [0, 0.05) is 36.4 Å². The van der Waals surface area contributed by atoms with Gasteiger partial charge in [-0.3, -0.25) is 9.59 Å². The molecule has 2 bridgehead atoms. The zero-order valence-corrected chi connectivity index (χ0v) is 20.4. The minimum Gasteiger partial charge on any atom is -0.395 e. The van der Waals surface area contributed by atoms with Gasteiger partial charge in [-0.2, -0.15) is 13.2 Å². The van der Waals surface area contributed by atoms with Gasteiger partial charge in [-0.15, -0.1) is 11.3 Å². The largest absolute Gasteiger partial charge is 0.417 e. The van der Waals surface area contributed by atoms with Crippen LogP contribution in [0.25, 0.3) is 10.4 Å². The fourth-order valence-electron chi connectivity index (χ4n) is 5.59. The Bertz CT molecular complexity index is 1130. The van der Waals surface area contributed by atoms with E-state index in [0.717, 1.165) is 75.0 Å². The summed E-state index contributed by atoms with van der Waals surface area (Å²) in [5, 5.41) is 14.4. The predicted molar refractivity (Wildman–Crippen MR) is 128 cm³/mol. The van der Waals surface area contributed by atoms with Gasteiger partial charge in [0.05, 0.1) is 17.0 Å². The van der Waals surface area contributed by atoms with Crippen LogP contribution in [-0.2, 0) is 6.18 Å². The Morgan fingerprint density at radius 2 is 1.78 bits per heavy atom. The number of nitrogens with zero attached hydrogens (tertiary/aromatic N) is 3. The van der Waals surface area contributed by atoms with Crippen LogP contribution < -0.4 is 10.6 Å². The Morgan fingerprint density at radius 1 is 1.11 bits per heavy atom. The summed E-state index contributed by atoms with van der Waals surface area (Å²) in [5.41, 5.74) is -1.35. The third-order valence-corrected chi connectivity index (χ3v) is 8.36. The summed E-state index contributed by atoms with van der Waals surface area (Å²) < 4.78 is 42.8. The lowest BCUT2D eigenvalue weighted by atomic mass is 10.0. The van der Waals surface area contributed by atoms with Crippen LogP contribution in [0.2, 0.25) is 0 Å². The summed E-state index contributed by atoms with van der Waals surface area (Å²) in [4.78, 5) is 36.3. The van der Waals surface area contributed by atoms with Crippen molar-refractivity contribution in [2.24, 2.45) is 0 Å². The van der Waals surface area contributed by atoms with E-state index < -0.39 is 23.6 Å². The molecule has 2 saturated heterocycles. The fraction of sp³-hybridized carbons (Fsp3) is 0.583. The molecule has 0 radical (unpaired) electrons. The third kappa shape index (κ3) is 4.80. The molecule has 12 heteroatoms. The highest BCUT2D eigenvalue weighted by atomic mass is 32.1. The summed E-state index contributed by atoms with van der Waals surface area (Å²) in [7, 11) is 0. The number of amides is 2. The van der Waals surface area contributed by atoms with E-state index in [-0.39, 0.29) is 58.2 Å². The molecule has 36 heavy (non-hydrogen) atoms. The number of aliphatic hydroxyl groups excluding tert-OH is 1. The van der Waals surface area contributed by atoms with Crippen molar-refractivity contribution in [3.05, 3.63) is 28.5 Å². The second-order valence-electron chi connectivity index (χ2n) is 9.59. The van der Waals surface area contributed by atoms with Crippen LogP contribution in [0.5, 0.6) is 0 Å². The van der Waals surface area contributed by atoms with Gasteiger partial charge in [0.25, 0.3) is 11.8 Å². The molecule has 5 rings (SSSR count). The number of carbonyl (C=O) groups is 2. The number of thiazole rings is 1. The molecule has 8 nitrogen and oxygen atoms in total. The maximum absolute atomic E-state index is 14.3. The number of pyridine rings is 1. The van der Waals surface area contributed by atoms with Crippen molar-refractivity contribution in [1.29, 1.82) is 0 Å². The van der Waals surface area contributed by atoms with Crippen molar-refractivity contribution in [2.45, 2.75) is 75.7 Å². The zero-order chi connectivity index (χ0) is 25.4. The highest BCUT2D eigenvalue weighted by Gasteiger charge is 2.44. The molecule has 0 atom stereocenters. The van der Waals surface area contributed by atoms with Crippen molar-refractivity contribution in [2.75, 3.05) is 18.5 Å². The van der Waals surface area contributed by atoms with E-state index in [1.807, 2.05) is 0 Å². The molecule has 2 amide bonds. The molecule has 194 valence electrons. The first-order chi connectivity index (χ1) is 17.3. The molecule has 2 aromatic heterocycles. The van der Waals surface area contributed by atoms with Gasteiger partial charge in [0.2, 0.25) is 0 Å². The zero-order valence-electron chi connectivity index (χ0n) is 19.6. The molecule has 3 aliphatic rings. The van der Waals surface area contributed by atoms with Gasteiger partial charge >= 0.3 is 6.18 Å². The Labute approximate surface area is 210 Å². The standard InChI is InChI=1S/C24H28F3N5O3S/c25-24(26,27)17-11-18(30-13-3-1-2-4-13)29-12-16(17)20-19(31-22(36-20)21(34)28-9-10-33)23(35)32-14-5-6-15(32)8-7-14/h11-15,33H,1-10H2,(H,28,34)(H,29,30). The summed E-state index contributed by atoms with van der Waals surface area (Å²) in [6.07, 6.45) is 3.65. The first-order valence-electron chi connectivity index (χ1n) is 12.3. The molecule has 3 N–H and O–H groups in total. The van der Waals surface area contributed by atoms with Crippen molar-refractivity contribution in [3.8, 4) is 10.4 Å². The van der Waals surface area contributed by atoms with E-state index in [4.69, 9.17) is 5.11 Å². The van der Waals surface area contributed by atoms with Crippen LogP contribution in [0.4, 0.5) is 19.0 Å². The van der Waals surface area contributed by atoms with Crippen LogP contribution in [-0.4, -0.2) is 63.1 Å². The Balaban J connectivity index is 1.56. The van der Waals surface area contributed by atoms with Crippen LogP contribution >= 0.6 is 11.3 Å². The molecule has 1 saturated carbocycles. The number of rotatable bonds is 7. The number of aliphatic hydroxyl groups is 1.